The maximum absolute atomic E-state index is 11.3. The highest BCUT2D eigenvalue weighted by atomic mass is 16.4. The van der Waals surface area contributed by atoms with Crippen LogP contribution in [0.15, 0.2) is 0 Å². The van der Waals surface area contributed by atoms with Crippen LogP contribution in [0.4, 0.5) is 0 Å². The summed E-state index contributed by atoms with van der Waals surface area (Å²) >= 11 is 0. The normalized spacial score (nSPS) is 10.2. The number of amides is 2. The molecule has 0 unspecified atom stereocenters. The van der Waals surface area contributed by atoms with E-state index < -0.39 is 5.97 Å². The van der Waals surface area contributed by atoms with Crippen molar-refractivity contribution in [3.63, 3.8) is 0 Å². The number of unbranched alkanes of at least 4 members (excludes halogenated alkanes) is 1. The quantitative estimate of drug-likeness (QED) is 0.289. The van der Waals surface area contributed by atoms with E-state index in [2.05, 4.69) is 10.7 Å². The molecule has 0 bridgehead atoms. The Morgan fingerprint density at radius 2 is 1.89 bits per heavy atom. The highest BCUT2D eigenvalue weighted by Crippen LogP contribution is 1.94. The number of hydrogen-bond acceptors (Lipinski definition) is 5. The van der Waals surface area contributed by atoms with Crippen molar-refractivity contribution in [1.29, 1.82) is 0 Å². The van der Waals surface area contributed by atoms with Gasteiger partial charge in [-0.05, 0) is 12.8 Å². The molecule has 18 heavy (non-hydrogen) atoms. The zero-order valence-electron chi connectivity index (χ0n) is 10.4. The number of likely N-dealkylation sites (N-methyl/N-ethyl adjacent to an activating group) is 1. The van der Waals surface area contributed by atoms with Crippen LogP contribution in [0.1, 0.15) is 19.3 Å². The van der Waals surface area contributed by atoms with Gasteiger partial charge in [0.25, 0.3) is 0 Å². The molecular formula is C10H20N4O4. The van der Waals surface area contributed by atoms with Crippen LogP contribution < -0.4 is 16.5 Å². The fourth-order valence-electron chi connectivity index (χ4n) is 1.22. The molecule has 0 aromatic rings. The smallest absolute Gasteiger partial charge is 0.319 e. The van der Waals surface area contributed by atoms with Crippen molar-refractivity contribution in [2.75, 3.05) is 26.7 Å². The van der Waals surface area contributed by atoms with E-state index >= 15 is 0 Å². The Morgan fingerprint density at radius 3 is 2.44 bits per heavy atom. The molecular weight excluding hydrogens is 240 g/mol. The molecule has 8 nitrogen and oxygen atoms in total. The third-order valence-corrected chi connectivity index (χ3v) is 2.03. The Morgan fingerprint density at radius 1 is 1.22 bits per heavy atom. The summed E-state index contributed by atoms with van der Waals surface area (Å²) in [5, 5.41) is 12.3. The first kappa shape index (κ1) is 16.3. The summed E-state index contributed by atoms with van der Waals surface area (Å²) in [7, 11) is 1.48. The predicted molar refractivity (Wildman–Crippen MR) is 64.3 cm³/mol. The Labute approximate surface area is 105 Å². The van der Waals surface area contributed by atoms with Gasteiger partial charge in [0.05, 0.1) is 6.54 Å². The molecule has 0 atom stereocenters. The van der Waals surface area contributed by atoms with Crippen molar-refractivity contribution in [2.45, 2.75) is 19.3 Å². The van der Waals surface area contributed by atoms with Crippen molar-refractivity contribution in [1.82, 2.24) is 15.8 Å². The lowest BCUT2D eigenvalue weighted by Gasteiger charge is -2.15. The third kappa shape index (κ3) is 9.55. The predicted octanol–water partition coefficient (Wildman–Crippen LogP) is -1.72. The summed E-state index contributed by atoms with van der Waals surface area (Å²) in [6, 6.07) is 0. The zero-order valence-corrected chi connectivity index (χ0v) is 10.4. The van der Waals surface area contributed by atoms with E-state index in [1.165, 1.54) is 12.1 Å². The minimum atomic E-state index is -1.01. The van der Waals surface area contributed by atoms with E-state index in [-0.39, 0.29) is 31.3 Å². The van der Waals surface area contributed by atoms with E-state index in [9.17, 15) is 14.4 Å². The van der Waals surface area contributed by atoms with Crippen LogP contribution in [0.2, 0.25) is 0 Å². The number of carboxylic acids is 1. The van der Waals surface area contributed by atoms with Crippen LogP contribution in [0.3, 0.4) is 0 Å². The van der Waals surface area contributed by atoms with E-state index in [0.29, 0.717) is 19.4 Å². The number of nitrogens with one attached hydrogen (secondary N) is 2. The van der Waals surface area contributed by atoms with E-state index in [0.717, 1.165) is 0 Å². The number of carboxylic acid groups (broad SMARTS) is 1. The molecule has 0 saturated carbocycles. The Hall–Kier alpha value is -1.67. The molecule has 0 heterocycles. The first-order valence-electron chi connectivity index (χ1n) is 5.65. The summed E-state index contributed by atoms with van der Waals surface area (Å²) in [4.78, 5) is 32.5. The lowest BCUT2D eigenvalue weighted by Crippen LogP contribution is -2.42. The summed E-state index contributed by atoms with van der Waals surface area (Å²) in [5.41, 5.74) is 7.53. The van der Waals surface area contributed by atoms with E-state index in [1.54, 1.807) is 0 Å². The van der Waals surface area contributed by atoms with Crippen LogP contribution >= 0.6 is 0 Å². The Bertz CT molecular complexity index is 296. The Kier molecular flexibility index (Phi) is 8.50. The number of hydrogen-bond donors (Lipinski definition) is 4. The van der Waals surface area contributed by atoms with Crippen molar-refractivity contribution < 1.29 is 19.5 Å². The van der Waals surface area contributed by atoms with Gasteiger partial charge < -0.3 is 16.2 Å². The fourth-order valence-corrected chi connectivity index (χ4v) is 1.22. The first-order valence-corrected chi connectivity index (χ1v) is 5.65. The summed E-state index contributed by atoms with van der Waals surface area (Å²) in [5.74, 6) is -1.48. The topological polar surface area (TPSA) is 125 Å². The molecule has 8 heteroatoms. The van der Waals surface area contributed by atoms with Gasteiger partial charge in [-0.25, -0.2) is 5.01 Å². The summed E-state index contributed by atoms with van der Waals surface area (Å²) in [6.07, 6.45) is 1.56. The molecule has 0 saturated heterocycles. The lowest BCUT2D eigenvalue weighted by atomic mass is 10.2. The average Bonchev–Trinajstić information content (AvgIpc) is 2.26. The van der Waals surface area contributed by atoms with Crippen molar-refractivity contribution >= 4 is 17.8 Å². The minimum Gasteiger partial charge on any atom is -0.480 e. The van der Waals surface area contributed by atoms with Crippen LogP contribution in [0.5, 0.6) is 0 Å². The largest absolute Gasteiger partial charge is 0.480 e. The maximum atomic E-state index is 11.3. The molecule has 0 aliphatic carbocycles. The number of nitrogens with zero attached hydrogens (tertiary/aromatic N) is 1. The second-order valence-electron chi connectivity index (χ2n) is 3.80. The van der Waals surface area contributed by atoms with Gasteiger partial charge in [-0.3, -0.25) is 19.8 Å². The standard InChI is InChI=1S/C10H20N4O4/c1-14(7-10(17)18)13-8(15)4-2-3-5-12-9(16)6-11/h2-7,11H2,1H3,(H,12,16)(H,13,15)(H,17,18). The van der Waals surface area contributed by atoms with Gasteiger partial charge in [0.1, 0.15) is 6.54 Å². The number of hydrazine groups is 1. The minimum absolute atomic E-state index is 0.0412. The monoisotopic (exact) mass is 260 g/mol. The zero-order chi connectivity index (χ0) is 14.0. The number of carbonyl (C=O) groups is 3. The molecule has 0 radical (unpaired) electrons. The van der Waals surface area contributed by atoms with Crippen LogP contribution in [0, 0.1) is 0 Å². The van der Waals surface area contributed by atoms with Crippen LogP contribution in [0.25, 0.3) is 0 Å². The highest BCUT2D eigenvalue weighted by Gasteiger charge is 2.07. The van der Waals surface area contributed by atoms with Gasteiger partial charge in [0.2, 0.25) is 11.8 Å². The van der Waals surface area contributed by atoms with Crippen LogP contribution in [-0.4, -0.2) is 54.6 Å². The van der Waals surface area contributed by atoms with E-state index in [4.69, 9.17) is 10.8 Å². The number of carbonyl (C=O) groups excluding carboxylic acids is 2. The van der Waals surface area contributed by atoms with Crippen molar-refractivity contribution in [3.8, 4) is 0 Å². The van der Waals surface area contributed by atoms with E-state index in [1.807, 2.05) is 0 Å². The molecule has 0 aliphatic rings. The molecule has 0 aromatic carbocycles. The molecule has 0 aromatic heterocycles. The van der Waals surface area contributed by atoms with Gasteiger partial charge >= 0.3 is 5.97 Å². The van der Waals surface area contributed by atoms with Gasteiger partial charge in [-0.1, -0.05) is 0 Å². The van der Waals surface area contributed by atoms with Crippen molar-refractivity contribution in [3.05, 3.63) is 0 Å². The molecule has 0 rings (SSSR count). The number of aliphatic carboxylic acids is 1. The molecule has 0 fully saturated rings. The summed E-state index contributed by atoms with van der Waals surface area (Å²) < 4.78 is 0. The molecule has 2 amide bonds. The maximum Gasteiger partial charge on any atom is 0.319 e. The van der Waals surface area contributed by atoms with Gasteiger partial charge in [-0.2, -0.15) is 0 Å². The second-order valence-corrected chi connectivity index (χ2v) is 3.80. The fraction of sp³-hybridized carbons (Fsp3) is 0.700. The molecule has 104 valence electrons. The summed E-state index contributed by atoms with van der Waals surface area (Å²) in [6.45, 7) is 0.188. The van der Waals surface area contributed by atoms with Gasteiger partial charge in [-0.15, -0.1) is 0 Å². The average molecular weight is 260 g/mol. The molecule has 0 spiro atoms. The van der Waals surface area contributed by atoms with Gasteiger partial charge in [0, 0.05) is 20.0 Å². The lowest BCUT2D eigenvalue weighted by molar-refractivity contribution is -0.139. The van der Waals surface area contributed by atoms with Crippen molar-refractivity contribution in [2.24, 2.45) is 5.73 Å². The second kappa shape index (κ2) is 9.37. The van der Waals surface area contributed by atoms with Crippen LogP contribution in [-0.2, 0) is 14.4 Å². The number of rotatable bonds is 9. The SMILES string of the molecule is CN(CC(=O)O)NC(=O)CCCCNC(=O)CN. The van der Waals surface area contributed by atoms with Gasteiger partial charge in [0.15, 0.2) is 0 Å². The molecule has 5 N–H and O–H groups in total. The molecule has 0 aliphatic heterocycles. The highest BCUT2D eigenvalue weighted by molar-refractivity contribution is 5.77. The number of nitrogens with two attached hydrogens (primary N) is 1. The Balaban J connectivity index is 3.53. The first-order chi connectivity index (χ1) is 8.45. The third-order valence-electron chi connectivity index (χ3n) is 2.03.